The average molecular weight is 419 g/mol. The Morgan fingerprint density at radius 2 is 2.16 bits per heavy atom. The third-order valence-electron chi connectivity index (χ3n) is 3.56. The summed E-state index contributed by atoms with van der Waals surface area (Å²) in [6, 6.07) is 9.65. The summed E-state index contributed by atoms with van der Waals surface area (Å²) < 4.78 is 2.69. The number of hydrogen-bond acceptors (Lipinski definition) is 4. The molecule has 0 atom stereocenters. The second kappa shape index (κ2) is 7.49. The van der Waals surface area contributed by atoms with Gasteiger partial charge in [0.1, 0.15) is 5.82 Å². The number of hydrogen-bond donors (Lipinski definition) is 1. The van der Waals surface area contributed by atoms with Gasteiger partial charge in [-0.1, -0.05) is 35.8 Å². The van der Waals surface area contributed by atoms with E-state index in [9.17, 15) is 4.79 Å². The fourth-order valence-corrected chi connectivity index (χ4v) is 3.64. The van der Waals surface area contributed by atoms with Crippen LogP contribution in [0.3, 0.4) is 0 Å². The largest absolute Gasteiger partial charge is 0.310 e. The predicted octanol–water partition coefficient (Wildman–Crippen LogP) is 4.70. The lowest BCUT2D eigenvalue weighted by Gasteiger charge is -2.09. The predicted molar refractivity (Wildman–Crippen MR) is 105 cm³/mol. The molecule has 0 radical (unpaired) electrons. The lowest BCUT2D eigenvalue weighted by Crippen LogP contribution is -2.17. The van der Waals surface area contributed by atoms with Crippen molar-refractivity contribution in [3.8, 4) is 5.69 Å². The van der Waals surface area contributed by atoms with Crippen molar-refractivity contribution in [2.24, 2.45) is 0 Å². The summed E-state index contributed by atoms with van der Waals surface area (Å²) in [4.78, 5) is 16.9. The minimum atomic E-state index is -0.100. The minimum Gasteiger partial charge on any atom is -0.310 e. The van der Waals surface area contributed by atoms with Gasteiger partial charge in [-0.05, 0) is 25.1 Å². The van der Waals surface area contributed by atoms with E-state index in [0.717, 1.165) is 26.6 Å². The number of rotatable bonds is 5. The van der Waals surface area contributed by atoms with Crippen molar-refractivity contribution in [1.29, 1.82) is 0 Å². The van der Waals surface area contributed by atoms with Gasteiger partial charge >= 0.3 is 0 Å². The average Bonchev–Trinajstić information content (AvgIpc) is 3.14. The maximum absolute atomic E-state index is 12.4. The van der Waals surface area contributed by atoms with Crippen molar-refractivity contribution in [3.05, 3.63) is 56.6 Å². The Balaban J connectivity index is 1.77. The van der Waals surface area contributed by atoms with E-state index in [1.54, 1.807) is 16.0 Å². The van der Waals surface area contributed by atoms with E-state index in [0.29, 0.717) is 11.7 Å². The van der Waals surface area contributed by atoms with Crippen molar-refractivity contribution in [1.82, 2.24) is 14.8 Å². The lowest BCUT2D eigenvalue weighted by atomic mass is 10.2. The Morgan fingerprint density at radius 1 is 1.36 bits per heavy atom. The van der Waals surface area contributed by atoms with E-state index in [4.69, 9.17) is 0 Å². The molecule has 5 nitrogen and oxygen atoms in total. The van der Waals surface area contributed by atoms with E-state index in [1.807, 2.05) is 42.6 Å². The molecule has 0 saturated carbocycles. The van der Waals surface area contributed by atoms with Crippen molar-refractivity contribution < 1.29 is 4.79 Å². The van der Waals surface area contributed by atoms with Crippen LogP contribution >= 0.6 is 27.3 Å². The van der Waals surface area contributed by atoms with Crippen molar-refractivity contribution in [2.75, 3.05) is 5.32 Å². The normalized spacial score (nSPS) is 11.1. The topological polar surface area (TPSA) is 59.8 Å². The highest BCUT2D eigenvalue weighted by Gasteiger charge is 2.14. The molecule has 1 aromatic carbocycles. The molecule has 0 unspecified atom stereocenters. The van der Waals surface area contributed by atoms with Gasteiger partial charge in [-0.15, -0.1) is 11.3 Å². The smallest absolute Gasteiger partial charge is 0.231 e. The van der Waals surface area contributed by atoms with Gasteiger partial charge in [0.25, 0.3) is 0 Å². The van der Waals surface area contributed by atoms with Gasteiger partial charge in [-0.3, -0.25) is 4.79 Å². The molecular weight excluding hydrogens is 400 g/mol. The Kier molecular flexibility index (Phi) is 5.34. The highest BCUT2D eigenvalue weighted by atomic mass is 79.9. The van der Waals surface area contributed by atoms with E-state index in [-0.39, 0.29) is 12.3 Å². The fraction of sp³-hybridized carbons (Fsp3) is 0.278. The number of carbonyl (C=O) groups is 1. The van der Waals surface area contributed by atoms with E-state index >= 15 is 0 Å². The fourth-order valence-electron chi connectivity index (χ4n) is 2.41. The number of thiazole rings is 1. The molecule has 0 fully saturated rings. The highest BCUT2D eigenvalue weighted by molar-refractivity contribution is 9.10. The number of halogens is 1. The molecule has 0 spiro atoms. The summed E-state index contributed by atoms with van der Waals surface area (Å²) in [6.07, 6.45) is 0.256. The van der Waals surface area contributed by atoms with Crippen LogP contribution < -0.4 is 5.32 Å². The van der Waals surface area contributed by atoms with Crippen LogP contribution in [0.25, 0.3) is 5.69 Å². The monoisotopic (exact) mass is 418 g/mol. The molecule has 0 aliphatic carbocycles. The van der Waals surface area contributed by atoms with Crippen LogP contribution in [0.2, 0.25) is 0 Å². The van der Waals surface area contributed by atoms with Crippen LogP contribution in [0, 0.1) is 6.92 Å². The van der Waals surface area contributed by atoms with Gasteiger partial charge in [-0.2, -0.15) is 5.10 Å². The molecule has 0 bridgehead atoms. The van der Waals surface area contributed by atoms with Crippen LogP contribution in [-0.2, 0) is 11.2 Å². The highest BCUT2D eigenvalue weighted by Crippen LogP contribution is 2.22. The summed E-state index contributed by atoms with van der Waals surface area (Å²) in [6.45, 7) is 6.10. The Labute approximate surface area is 159 Å². The second-order valence-corrected chi connectivity index (χ2v) is 7.92. The quantitative estimate of drug-likeness (QED) is 0.652. The number of anilines is 1. The Bertz CT molecular complexity index is 900. The Morgan fingerprint density at radius 3 is 2.84 bits per heavy atom. The molecule has 7 heteroatoms. The summed E-state index contributed by atoms with van der Waals surface area (Å²) in [5.74, 6) is 0.930. The second-order valence-electron chi connectivity index (χ2n) is 6.12. The summed E-state index contributed by atoms with van der Waals surface area (Å²) >= 11 is 5.06. The minimum absolute atomic E-state index is 0.100. The molecule has 1 amide bonds. The number of benzene rings is 1. The van der Waals surface area contributed by atoms with Crippen LogP contribution in [0.15, 0.2) is 40.2 Å². The van der Waals surface area contributed by atoms with Crippen LogP contribution in [-0.4, -0.2) is 20.7 Å². The first-order valence-electron chi connectivity index (χ1n) is 7.99. The van der Waals surface area contributed by atoms with Gasteiger partial charge in [0, 0.05) is 21.8 Å². The summed E-state index contributed by atoms with van der Waals surface area (Å²) in [7, 11) is 0. The van der Waals surface area contributed by atoms with Crippen LogP contribution in [0.5, 0.6) is 0 Å². The van der Waals surface area contributed by atoms with Crippen LogP contribution in [0.1, 0.15) is 36.2 Å². The van der Waals surface area contributed by atoms with Gasteiger partial charge in [0.2, 0.25) is 5.91 Å². The van der Waals surface area contributed by atoms with E-state index in [1.165, 1.54) is 0 Å². The zero-order valence-electron chi connectivity index (χ0n) is 14.3. The Hall–Kier alpha value is -1.99. The van der Waals surface area contributed by atoms with Gasteiger partial charge in [-0.25, -0.2) is 9.67 Å². The first-order chi connectivity index (χ1) is 11.9. The molecule has 1 N–H and O–H groups in total. The van der Waals surface area contributed by atoms with Gasteiger partial charge in [0.05, 0.1) is 28.5 Å². The summed E-state index contributed by atoms with van der Waals surface area (Å²) in [5, 5.41) is 10.4. The number of amides is 1. The standard InChI is InChI=1S/C18H19BrN4OS/c1-11(2)18-20-14(10-25-18)9-17(24)21-16-7-12(3)22-23(16)15-6-4-5-13(19)8-15/h4-8,10-11H,9H2,1-3H3,(H,21,24). The number of aromatic nitrogens is 3. The molecule has 2 heterocycles. The number of nitrogens with zero attached hydrogens (tertiary/aromatic N) is 3. The van der Waals surface area contributed by atoms with Crippen molar-refractivity contribution >= 4 is 39.0 Å². The number of nitrogens with one attached hydrogen (secondary N) is 1. The maximum Gasteiger partial charge on any atom is 0.231 e. The van der Waals surface area contributed by atoms with Crippen molar-refractivity contribution in [2.45, 2.75) is 33.1 Å². The SMILES string of the molecule is Cc1cc(NC(=O)Cc2csc(C(C)C)n2)n(-c2cccc(Br)c2)n1. The molecule has 3 rings (SSSR count). The molecule has 0 aliphatic heterocycles. The molecule has 25 heavy (non-hydrogen) atoms. The zero-order chi connectivity index (χ0) is 18.0. The molecular formula is C18H19BrN4OS. The van der Waals surface area contributed by atoms with Crippen molar-refractivity contribution in [3.63, 3.8) is 0 Å². The molecule has 3 aromatic rings. The van der Waals surface area contributed by atoms with E-state index in [2.05, 4.69) is 45.2 Å². The molecule has 130 valence electrons. The first kappa shape index (κ1) is 17.8. The van der Waals surface area contributed by atoms with Gasteiger partial charge < -0.3 is 5.32 Å². The zero-order valence-corrected chi connectivity index (χ0v) is 16.7. The number of aryl methyl sites for hydroxylation is 1. The third-order valence-corrected chi connectivity index (χ3v) is 5.24. The molecule has 0 aliphatic rings. The molecule has 2 aromatic heterocycles. The molecule has 0 saturated heterocycles. The van der Waals surface area contributed by atoms with Gasteiger partial charge in [0.15, 0.2) is 0 Å². The lowest BCUT2D eigenvalue weighted by molar-refractivity contribution is -0.115. The van der Waals surface area contributed by atoms with Crippen LogP contribution in [0.4, 0.5) is 5.82 Å². The third kappa shape index (κ3) is 4.35. The summed E-state index contributed by atoms with van der Waals surface area (Å²) in [5.41, 5.74) is 2.52. The maximum atomic E-state index is 12.4. The van der Waals surface area contributed by atoms with E-state index < -0.39 is 0 Å². The first-order valence-corrected chi connectivity index (χ1v) is 9.66. The number of carbonyl (C=O) groups excluding carboxylic acids is 1.